The van der Waals surface area contributed by atoms with Crippen LogP contribution < -0.4 is 11.1 Å². The molecule has 0 saturated carbocycles. The molecule has 0 fully saturated rings. The third kappa shape index (κ3) is 4.33. The van der Waals surface area contributed by atoms with Crippen LogP contribution in [0.3, 0.4) is 0 Å². The van der Waals surface area contributed by atoms with E-state index in [0.717, 1.165) is 6.42 Å². The molecule has 0 aliphatic heterocycles. The van der Waals surface area contributed by atoms with Crippen molar-refractivity contribution < 1.29 is 9.53 Å². The summed E-state index contributed by atoms with van der Waals surface area (Å²) in [6, 6.07) is 2.81. The number of methoxy groups -OCH3 is 1. The Balaban J connectivity index is 2.34. The Morgan fingerprint density at radius 2 is 2.50 bits per heavy atom. The predicted molar refractivity (Wildman–Crippen MR) is 59.7 cm³/mol. The molecule has 3 N–H and O–H groups in total. The lowest BCUT2D eigenvalue weighted by molar-refractivity contribution is -0.117. The lowest BCUT2D eigenvalue weighted by Gasteiger charge is -2.10. The molecule has 0 bridgehead atoms. The highest BCUT2D eigenvalue weighted by Gasteiger charge is 2.13. The maximum Gasteiger partial charge on any atom is 0.242 e. The molecule has 1 rings (SSSR count). The zero-order valence-corrected chi connectivity index (χ0v) is 9.22. The summed E-state index contributed by atoms with van der Waals surface area (Å²) in [6.45, 7) is 0.603. The number of carbonyl (C=O) groups excluding carboxylic acids is 1. The van der Waals surface area contributed by atoms with Crippen molar-refractivity contribution in [2.75, 3.05) is 19.0 Å². The third-order valence-corrected chi connectivity index (χ3v) is 2.02. The average molecular weight is 224 g/mol. The van der Waals surface area contributed by atoms with Crippen LogP contribution in [0.5, 0.6) is 0 Å². The lowest BCUT2D eigenvalue weighted by atomic mass is 10.1. The molecule has 0 aliphatic carbocycles. The third-order valence-electron chi connectivity index (χ3n) is 2.02. The molecule has 0 spiro atoms. The molecule has 0 aromatic carbocycles. The van der Waals surface area contributed by atoms with E-state index in [9.17, 15) is 4.79 Å². The molecule has 1 heterocycles. The number of hydrogen-bond donors (Lipinski definition) is 2. The first-order chi connectivity index (χ1) is 7.74. The van der Waals surface area contributed by atoms with Gasteiger partial charge in [-0.15, -0.1) is 5.10 Å². The Bertz CT molecular complexity index is 318. The van der Waals surface area contributed by atoms with Crippen molar-refractivity contribution >= 4 is 11.7 Å². The Hall–Kier alpha value is -1.53. The van der Waals surface area contributed by atoms with E-state index in [2.05, 4.69) is 15.5 Å². The van der Waals surface area contributed by atoms with E-state index >= 15 is 0 Å². The number of nitrogens with one attached hydrogen (secondary N) is 1. The first kappa shape index (κ1) is 12.5. The highest BCUT2D eigenvalue weighted by atomic mass is 16.5. The van der Waals surface area contributed by atoms with E-state index in [-0.39, 0.29) is 5.91 Å². The molecule has 1 unspecified atom stereocenters. The fourth-order valence-electron chi connectivity index (χ4n) is 1.17. The fraction of sp³-hybridized carbons (Fsp3) is 0.500. The van der Waals surface area contributed by atoms with Gasteiger partial charge in [0.25, 0.3) is 0 Å². The first-order valence-corrected chi connectivity index (χ1v) is 5.07. The highest BCUT2D eigenvalue weighted by Crippen LogP contribution is 2.01. The van der Waals surface area contributed by atoms with Gasteiger partial charge < -0.3 is 15.8 Å². The molecular formula is C10H16N4O2. The summed E-state index contributed by atoms with van der Waals surface area (Å²) in [4.78, 5) is 11.6. The minimum Gasteiger partial charge on any atom is -0.385 e. The number of anilines is 1. The van der Waals surface area contributed by atoms with Gasteiger partial charge >= 0.3 is 0 Å². The maximum absolute atomic E-state index is 11.6. The van der Waals surface area contributed by atoms with Gasteiger partial charge in [-0.1, -0.05) is 0 Å². The quantitative estimate of drug-likeness (QED) is 0.672. The molecule has 6 heteroatoms. The van der Waals surface area contributed by atoms with Crippen LogP contribution in [0.4, 0.5) is 5.82 Å². The molecule has 16 heavy (non-hydrogen) atoms. The minimum atomic E-state index is -0.544. The van der Waals surface area contributed by atoms with Crippen LogP contribution in [0.25, 0.3) is 0 Å². The van der Waals surface area contributed by atoms with Gasteiger partial charge in [-0.05, 0) is 25.0 Å². The smallest absolute Gasteiger partial charge is 0.242 e. The number of nitrogens with zero attached hydrogens (tertiary/aromatic N) is 2. The number of amides is 1. The standard InChI is InChI=1S/C10H16N4O2/c1-16-7-3-4-8(11)10(15)13-9-5-2-6-12-14-9/h2,5-6,8H,3-4,7,11H2,1H3,(H,13,14,15). The van der Waals surface area contributed by atoms with Crippen molar-refractivity contribution in [1.82, 2.24) is 10.2 Å². The van der Waals surface area contributed by atoms with Crippen molar-refractivity contribution in [2.24, 2.45) is 5.73 Å². The van der Waals surface area contributed by atoms with Gasteiger partial charge in [0, 0.05) is 19.9 Å². The van der Waals surface area contributed by atoms with Crippen LogP contribution in [-0.2, 0) is 9.53 Å². The number of rotatable bonds is 6. The second kappa shape index (κ2) is 6.86. The van der Waals surface area contributed by atoms with Crippen LogP contribution >= 0.6 is 0 Å². The summed E-state index contributed by atoms with van der Waals surface area (Å²) in [5.74, 6) is 0.159. The summed E-state index contributed by atoms with van der Waals surface area (Å²) >= 11 is 0. The summed E-state index contributed by atoms with van der Waals surface area (Å²) < 4.78 is 4.88. The van der Waals surface area contributed by atoms with E-state index in [4.69, 9.17) is 10.5 Å². The van der Waals surface area contributed by atoms with Crippen molar-refractivity contribution in [3.8, 4) is 0 Å². The molecule has 1 aromatic rings. The molecule has 1 amide bonds. The Morgan fingerprint density at radius 3 is 3.12 bits per heavy atom. The van der Waals surface area contributed by atoms with Crippen molar-refractivity contribution in [1.29, 1.82) is 0 Å². The molecule has 0 aliphatic rings. The molecule has 88 valence electrons. The zero-order chi connectivity index (χ0) is 11.8. The average Bonchev–Trinajstić information content (AvgIpc) is 2.30. The second-order valence-corrected chi connectivity index (χ2v) is 3.34. The SMILES string of the molecule is COCCCC(N)C(=O)Nc1cccnn1. The van der Waals surface area contributed by atoms with Gasteiger partial charge in [0.05, 0.1) is 6.04 Å². The topological polar surface area (TPSA) is 90.1 Å². The van der Waals surface area contributed by atoms with Crippen LogP contribution in [0, 0.1) is 0 Å². The van der Waals surface area contributed by atoms with Gasteiger partial charge in [0.15, 0.2) is 5.82 Å². The van der Waals surface area contributed by atoms with Crippen LogP contribution in [0.1, 0.15) is 12.8 Å². The normalized spacial score (nSPS) is 12.1. The first-order valence-electron chi connectivity index (χ1n) is 5.07. The summed E-state index contributed by atoms with van der Waals surface area (Å²) in [6.07, 6.45) is 2.87. The van der Waals surface area contributed by atoms with E-state index in [1.165, 1.54) is 6.20 Å². The summed E-state index contributed by atoms with van der Waals surface area (Å²) in [7, 11) is 1.62. The largest absolute Gasteiger partial charge is 0.385 e. The van der Waals surface area contributed by atoms with Crippen LogP contribution in [0.15, 0.2) is 18.3 Å². The molecule has 1 aromatic heterocycles. The zero-order valence-electron chi connectivity index (χ0n) is 9.22. The predicted octanol–water partition coefficient (Wildman–Crippen LogP) is 0.169. The molecule has 6 nitrogen and oxygen atoms in total. The number of ether oxygens (including phenoxy) is 1. The van der Waals surface area contributed by atoms with Crippen molar-refractivity contribution in [2.45, 2.75) is 18.9 Å². The Morgan fingerprint density at radius 1 is 1.69 bits per heavy atom. The number of nitrogens with two attached hydrogens (primary N) is 1. The van der Waals surface area contributed by atoms with Crippen LogP contribution in [0.2, 0.25) is 0 Å². The summed E-state index contributed by atoms with van der Waals surface area (Å²) in [5.41, 5.74) is 5.69. The van der Waals surface area contributed by atoms with E-state index < -0.39 is 6.04 Å². The fourth-order valence-corrected chi connectivity index (χ4v) is 1.17. The number of aromatic nitrogens is 2. The van der Waals surface area contributed by atoms with E-state index in [0.29, 0.717) is 18.8 Å². The van der Waals surface area contributed by atoms with Gasteiger partial charge in [0.1, 0.15) is 0 Å². The van der Waals surface area contributed by atoms with E-state index in [1.54, 1.807) is 19.2 Å². The van der Waals surface area contributed by atoms with Gasteiger partial charge in [-0.3, -0.25) is 4.79 Å². The molecular weight excluding hydrogens is 208 g/mol. The maximum atomic E-state index is 11.6. The molecule has 0 radical (unpaired) electrons. The number of hydrogen-bond acceptors (Lipinski definition) is 5. The van der Waals surface area contributed by atoms with Crippen molar-refractivity contribution in [3.05, 3.63) is 18.3 Å². The number of carbonyl (C=O) groups is 1. The van der Waals surface area contributed by atoms with Gasteiger partial charge in [-0.25, -0.2) is 0 Å². The monoisotopic (exact) mass is 224 g/mol. The van der Waals surface area contributed by atoms with Gasteiger partial charge in [0.2, 0.25) is 5.91 Å². The summed E-state index contributed by atoms with van der Waals surface area (Å²) in [5, 5.41) is 9.97. The minimum absolute atomic E-state index is 0.253. The highest BCUT2D eigenvalue weighted by molar-refractivity contribution is 5.93. The Labute approximate surface area is 94.2 Å². The molecule has 0 saturated heterocycles. The van der Waals surface area contributed by atoms with Gasteiger partial charge in [-0.2, -0.15) is 5.10 Å². The lowest BCUT2D eigenvalue weighted by Crippen LogP contribution is -2.36. The molecule has 1 atom stereocenters. The van der Waals surface area contributed by atoms with Crippen molar-refractivity contribution in [3.63, 3.8) is 0 Å². The van der Waals surface area contributed by atoms with Crippen LogP contribution in [-0.4, -0.2) is 35.9 Å². The second-order valence-electron chi connectivity index (χ2n) is 3.34. The van der Waals surface area contributed by atoms with E-state index in [1.807, 2.05) is 0 Å². The Kier molecular flexibility index (Phi) is 5.38.